The van der Waals surface area contributed by atoms with Crippen molar-refractivity contribution in [3.8, 4) is 0 Å². The van der Waals surface area contributed by atoms with Crippen molar-refractivity contribution in [1.82, 2.24) is 4.98 Å². The number of ether oxygens (including phenoxy) is 1. The number of anilines is 1. The zero-order valence-corrected chi connectivity index (χ0v) is 13.1. The van der Waals surface area contributed by atoms with Gasteiger partial charge in [-0.25, -0.2) is 0 Å². The molecule has 2 rings (SSSR count). The van der Waals surface area contributed by atoms with Crippen molar-refractivity contribution < 1.29 is 9.53 Å². The van der Waals surface area contributed by atoms with E-state index in [1.54, 1.807) is 12.4 Å². The van der Waals surface area contributed by atoms with Crippen molar-refractivity contribution in [2.75, 3.05) is 18.1 Å². The standard InChI is InChI=1S/C17H26N2O2/c1-3-6-16-12-14(8-11-21-16)17(20)19(10-4-2)15-7-5-9-18-13-15/h5,7,9,13-14,16H,3-4,6,8,10-12H2,1-2H3/t14-,16+/m1/s1. The van der Waals surface area contributed by atoms with Crippen LogP contribution in [0.2, 0.25) is 0 Å². The molecule has 2 atom stereocenters. The van der Waals surface area contributed by atoms with Gasteiger partial charge in [0.25, 0.3) is 0 Å². The van der Waals surface area contributed by atoms with Gasteiger partial charge in [0, 0.05) is 25.3 Å². The van der Waals surface area contributed by atoms with Gasteiger partial charge in [-0.2, -0.15) is 0 Å². The fourth-order valence-electron chi connectivity index (χ4n) is 2.95. The first-order chi connectivity index (χ1) is 10.3. The third kappa shape index (κ3) is 4.27. The van der Waals surface area contributed by atoms with E-state index in [2.05, 4.69) is 18.8 Å². The second-order valence-electron chi connectivity index (χ2n) is 5.70. The number of carbonyl (C=O) groups excluding carboxylic acids is 1. The van der Waals surface area contributed by atoms with Gasteiger partial charge >= 0.3 is 0 Å². The molecule has 1 aliphatic heterocycles. The first-order valence-corrected chi connectivity index (χ1v) is 8.09. The Kier molecular flexibility index (Phi) is 6.18. The molecule has 0 spiro atoms. The van der Waals surface area contributed by atoms with E-state index in [-0.39, 0.29) is 17.9 Å². The first-order valence-electron chi connectivity index (χ1n) is 8.09. The number of pyridine rings is 1. The first kappa shape index (κ1) is 16.0. The van der Waals surface area contributed by atoms with E-state index >= 15 is 0 Å². The molecule has 0 radical (unpaired) electrons. The Morgan fingerprint density at radius 2 is 2.29 bits per heavy atom. The van der Waals surface area contributed by atoms with Crippen LogP contribution in [0.15, 0.2) is 24.5 Å². The summed E-state index contributed by atoms with van der Waals surface area (Å²) in [5.74, 6) is 0.316. The molecule has 4 nitrogen and oxygen atoms in total. The van der Waals surface area contributed by atoms with Crippen LogP contribution in [0.25, 0.3) is 0 Å². The van der Waals surface area contributed by atoms with E-state index in [0.29, 0.717) is 6.61 Å². The summed E-state index contributed by atoms with van der Waals surface area (Å²) >= 11 is 0. The number of aromatic nitrogens is 1. The van der Waals surface area contributed by atoms with E-state index in [9.17, 15) is 4.79 Å². The van der Waals surface area contributed by atoms with Crippen molar-refractivity contribution in [2.24, 2.45) is 5.92 Å². The van der Waals surface area contributed by atoms with Crippen LogP contribution in [-0.2, 0) is 9.53 Å². The van der Waals surface area contributed by atoms with Crippen LogP contribution >= 0.6 is 0 Å². The minimum absolute atomic E-state index is 0.0852. The Labute approximate surface area is 127 Å². The van der Waals surface area contributed by atoms with Gasteiger partial charge in [0.2, 0.25) is 5.91 Å². The normalized spacial score (nSPS) is 22.0. The molecule has 0 unspecified atom stereocenters. The molecule has 116 valence electrons. The van der Waals surface area contributed by atoms with Crippen molar-refractivity contribution in [3.05, 3.63) is 24.5 Å². The molecule has 1 aromatic heterocycles. The SMILES string of the molecule is CCC[C@H]1C[C@H](C(=O)N(CCC)c2cccnc2)CCO1. The molecule has 0 saturated carbocycles. The van der Waals surface area contributed by atoms with E-state index in [0.717, 1.165) is 44.3 Å². The molecule has 4 heteroatoms. The number of carbonyl (C=O) groups is 1. The topological polar surface area (TPSA) is 42.4 Å². The fraction of sp³-hybridized carbons (Fsp3) is 0.647. The number of amides is 1. The summed E-state index contributed by atoms with van der Waals surface area (Å²) in [6.07, 6.45) is 8.54. The Morgan fingerprint density at radius 3 is 2.95 bits per heavy atom. The molecule has 0 aromatic carbocycles. The average Bonchev–Trinajstić information content (AvgIpc) is 2.53. The van der Waals surface area contributed by atoms with Gasteiger partial charge < -0.3 is 9.64 Å². The Bertz CT molecular complexity index is 434. The molecule has 0 bridgehead atoms. The minimum Gasteiger partial charge on any atom is -0.378 e. The fourth-order valence-corrected chi connectivity index (χ4v) is 2.95. The minimum atomic E-state index is 0.0852. The summed E-state index contributed by atoms with van der Waals surface area (Å²) < 4.78 is 5.76. The highest BCUT2D eigenvalue weighted by Crippen LogP contribution is 2.27. The third-order valence-corrected chi connectivity index (χ3v) is 4.00. The molecule has 2 heterocycles. The predicted molar refractivity (Wildman–Crippen MR) is 84.3 cm³/mol. The highest BCUT2D eigenvalue weighted by atomic mass is 16.5. The summed E-state index contributed by atoms with van der Waals surface area (Å²) in [6.45, 7) is 5.71. The largest absolute Gasteiger partial charge is 0.378 e. The van der Waals surface area contributed by atoms with Crippen LogP contribution in [0.3, 0.4) is 0 Å². The van der Waals surface area contributed by atoms with Gasteiger partial charge in [0.15, 0.2) is 0 Å². The van der Waals surface area contributed by atoms with Gasteiger partial charge in [-0.05, 0) is 37.8 Å². The smallest absolute Gasteiger partial charge is 0.230 e. The molecule has 21 heavy (non-hydrogen) atoms. The summed E-state index contributed by atoms with van der Waals surface area (Å²) in [5, 5.41) is 0. The summed E-state index contributed by atoms with van der Waals surface area (Å²) in [7, 11) is 0. The summed E-state index contributed by atoms with van der Waals surface area (Å²) in [5.41, 5.74) is 0.905. The second kappa shape index (κ2) is 8.13. The molecular weight excluding hydrogens is 264 g/mol. The van der Waals surface area contributed by atoms with E-state index in [4.69, 9.17) is 4.74 Å². The predicted octanol–water partition coefficient (Wildman–Crippen LogP) is 3.42. The van der Waals surface area contributed by atoms with E-state index < -0.39 is 0 Å². The molecule has 1 aliphatic rings. The van der Waals surface area contributed by atoms with Crippen LogP contribution in [0.4, 0.5) is 5.69 Å². The van der Waals surface area contributed by atoms with Crippen molar-refractivity contribution >= 4 is 11.6 Å². The van der Waals surface area contributed by atoms with Crippen molar-refractivity contribution in [3.63, 3.8) is 0 Å². The monoisotopic (exact) mass is 290 g/mol. The lowest BCUT2D eigenvalue weighted by Gasteiger charge is -2.32. The Balaban J connectivity index is 2.07. The Hall–Kier alpha value is -1.42. The summed E-state index contributed by atoms with van der Waals surface area (Å²) in [4.78, 5) is 18.9. The highest BCUT2D eigenvalue weighted by molar-refractivity contribution is 5.94. The van der Waals surface area contributed by atoms with Crippen LogP contribution in [0, 0.1) is 5.92 Å². The number of hydrogen-bond donors (Lipinski definition) is 0. The third-order valence-electron chi connectivity index (χ3n) is 4.00. The quantitative estimate of drug-likeness (QED) is 0.806. The van der Waals surface area contributed by atoms with Crippen LogP contribution < -0.4 is 4.90 Å². The van der Waals surface area contributed by atoms with Crippen LogP contribution in [-0.4, -0.2) is 30.1 Å². The molecular formula is C17H26N2O2. The van der Waals surface area contributed by atoms with Crippen molar-refractivity contribution in [1.29, 1.82) is 0 Å². The average molecular weight is 290 g/mol. The highest BCUT2D eigenvalue weighted by Gasteiger charge is 2.30. The number of rotatable bonds is 6. The molecule has 0 N–H and O–H groups in total. The van der Waals surface area contributed by atoms with Gasteiger partial charge in [-0.15, -0.1) is 0 Å². The maximum absolute atomic E-state index is 12.9. The van der Waals surface area contributed by atoms with E-state index in [1.165, 1.54) is 0 Å². The van der Waals surface area contributed by atoms with Gasteiger partial charge in [0.1, 0.15) is 0 Å². The lowest BCUT2D eigenvalue weighted by atomic mass is 9.92. The zero-order chi connectivity index (χ0) is 15.1. The van der Waals surface area contributed by atoms with Crippen LogP contribution in [0.5, 0.6) is 0 Å². The number of hydrogen-bond acceptors (Lipinski definition) is 3. The molecule has 0 aliphatic carbocycles. The van der Waals surface area contributed by atoms with Gasteiger partial charge in [-0.3, -0.25) is 9.78 Å². The number of nitrogens with zero attached hydrogens (tertiary/aromatic N) is 2. The molecule has 1 aromatic rings. The van der Waals surface area contributed by atoms with Crippen molar-refractivity contribution in [2.45, 2.75) is 52.1 Å². The van der Waals surface area contributed by atoms with Gasteiger partial charge in [0.05, 0.1) is 18.0 Å². The maximum atomic E-state index is 12.9. The molecule has 1 amide bonds. The summed E-state index contributed by atoms with van der Waals surface area (Å²) in [6, 6.07) is 3.85. The zero-order valence-electron chi connectivity index (χ0n) is 13.1. The second-order valence-corrected chi connectivity index (χ2v) is 5.70. The Morgan fingerprint density at radius 1 is 1.43 bits per heavy atom. The van der Waals surface area contributed by atoms with Crippen LogP contribution in [0.1, 0.15) is 46.0 Å². The van der Waals surface area contributed by atoms with Gasteiger partial charge in [-0.1, -0.05) is 20.3 Å². The molecule has 1 saturated heterocycles. The van der Waals surface area contributed by atoms with E-state index in [1.807, 2.05) is 17.0 Å². The lowest BCUT2D eigenvalue weighted by Crippen LogP contribution is -2.41. The maximum Gasteiger partial charge on any atom is 0.230 e. The molecule has 1 fully saturated rings. The lowest BCUT2D eigenvalue weighted by molar-refractivity contribution is -0.127.